The molecule has 0 saturated carbocycles. The number of likely N-dealkylation sites (N-methyl/N-ethyl adjacent to an activating group) is 2. The Morgan fingerprint density at radius 2 is 1.86 bits per heavy atom. The van der Waals surface area contributed by atoms with Crippen molar-refractivity contribution in [3.8, 4) is 11.3 Å². The highest BCUT2D eigenvalue weighted by Gasteiger charge is 2.30. The lowest BCUT2D eigenvalue weighted by molar-refractivity contribution is -0.137. The number of alkyl halides is 3. The molecule has 12 heteroatoms. The number of nitrogens with one attached hydrogen (secondary N) is 2. The van der Waals surface area contributed by atoms with Crippen LogP contribution in [0.3, 0.4) is 0 Å². The average molecular weight is 585 g/mol. The number of piperazine rings is 1. The van der Waals surface area contributed by atoms with Crippen LogP contribution in [0.5, 0.6) is 0 Å². The summed E-state index contributed by atoms with van der Waals surface area (Å²) in [6.45, 7) is 6.64. The fraction of sp³-hybridized carbons (Fsp3) is 0.333. The number of rotatable bonds is 7. The van der Waals surface area contributed by atoms with Crippen LogP contribution < -0.4 is 10.9 Å². The molecule has 1 atom stereocenters. The molecule has 222 valence electrons. The molecule has 2 heterocycles. The molecule has 0 aliphatic carbocycles. The van der Waals surface area contributed by atoms with Crippen LogP contribution in [0, 0.1) is 11.7 Å². The number of halogens is 4. The molecule has 0 spiro atoms. The highest BCUT2D eigenvalue weighted by atomic mass is 19.4. The Balaban J connectivity index is 1.64. The normalized spacial score (nSPS) is 16.5. The van der Waals surface area contributed by atoms with Gasteiger partial charge in [-0.15, -0.1) is 0 Å². The second-order valence-corrected chi connectivity index (χ2v) is 10.3. The number of H-pyrrole nitrogens is 1. The van der Waals surface area contributed by atoms with E-state index in [0.29, 0.717) is 5.56 Å². The Morgan fingerprint density at radius 3 is 2.52 bits per heavy atom. The summed E-state index contributed by atoms with van der Waals surface area (Å²) in [6, 6.07) is 8.96. The number of nitrogens with zero attached hydrogens (tertiary/aromatic N) is 4. The van der Waals surface area contributed by atoms with E-state index in [4.69, 9.17) is 4.99 Å². The first-order valence-corrected chi connectivity index (χ1v) is 13.4. The van der Waals surface area contributed by atoms with Gasteiger partial charge in [0.15, 0.2) is 0 Å². The summed E-state index contributed by atoms with van der Waals surface area (Å²) in [7, 11) is 4.07. The monoisotopic (exact) mass is 584 g/mol. The molecule has 1 saturated heterocycles. The van der Waals surface area contributed by atoms with E-state index in [9.17, 15) is 27.2 Å². The molecule has 1 aliphatic rings. The lowest BCUT2D eigenvalue weighted by atomic mass is 10.0. The molecule has 1 amide bonds. The number of amides is 1. The van der Waals surface area contributed by atoms with E-state index in [1.54, 1.807) is 0 Å². The summed E-state index contributed by atoms with van der Waals surface area (Å²) in [4.78, 5) is 34.4. The number of carbonyl (C=O) groups excluding carboxylic acids is 1. The molecule has 1 aromatic heterocycles. The van der Waals surface area contributed by atoms with Crippen molar-refractivity contribution in [3.05, 3.63) is 87.6 Å². The zero-order valence-electron chi connectivity index (χ0n) is 23.7. The van der Waals surface area contributed by atoms with Crippen molar-refractivity contribution in [2.24, 2.45) is 10.9 Å². The van der Waals surface area contributed by atoms with Crippen LogP contribution in [0.15, 0.2) is 70.1 Å². The van der Waals surface area contributed by atoms with Gasteiger partial charge in [-0.05, 0) is 74.0 Å². The molecular formula is C30H32F4N6O2. The second-order valence-electron chi connectivity index (χ2n) is 10.3. The molecule has 42 heavy (non-hydrogen) atoms. The first-order valence-electron chi connectivity index (χ1n) is 13.4. The highest BCUT2D eigenvalue weighted by molar-refractivity contribution is 6.04. The SMILES string of the molecule is CCC(C)C(C=C1CN(C)CCN1C)=Nc1cc(-c2ccc(F)c(NC(=O)c3ccc(C(F)(F)F)cc3)c2)n[nH]c1=O. The van der Waals surface area contributed by atoms with Gasteiger partial charge in [0.2, 0.25) is 0 Å². The van der Waals surface area contributed by atoms with Crippen LogP contribution in [0.2, 0.25) is 0 Å². The quantitative estimate of drug-likeness (QED) is 0.274. The van der Waals surface area contributed by atoms with E-state index >= 15 is 0 Å². The maximum Gasteiger partial charge on any atom is 0.416 e. The van der Waals surface area contributed by atoms with Crippen LogP contribution in [-0.4, -0.2) is 65.3 Å². The van der Waals surface area contributed by atoms with Crippen molar-refractivity contribution in [3.63, 3.8) is 0 Å². The van der Waals surface area contributed by atoms with E-state index in [-0.39, 0.29) is 28.6 Å². The van der Waals surface area contributed by atoms with Crippen LogP contribution in [0.4, 0.5) is 28.9 Å². The number of anilines is 1. The van der Waals surface area contributed by atoms with Crippen LogP contribution in [0.25, 0.3) is 11.3 Å². The maximum atomic E-state index is 14.6. The number of allylic oxidation sites excluding steroid dienone is 1. The Morgan fingerprint density at radius 1 is 1.14 bits per heavy atom. The molecule has 3 aromatic rings. The minimum Gasteiger partial charge on any atom is -0.375 e. The van der Waals surface area contributed by atoms with Crippen LogP contribution in [-0.2, 0) is 6.18 Å². The van der Waals surface area contributed by atoms with E-state index in [1.165, 1.54) is 18.2 Å². The molecule has 2 N–H and O–H groups in total. The summed E-state index contributed by atoms with van der Waals surface area (Å²) in [6.07, 6.45) is -1.73. The number of aliphatic imine (C=N–C) groups is 1. The van der Waals surface area contributed by atoms with Crippen molar-refractivity contribution >= 4 is 23.0 Å². The first-order chi connectivity index (χ1) is 19.8. The van der Waals surface area contributed by atoms with Gasteiger partial charge < -0.3 is 10.2 Å². The number of aromatic amines is 1. The van der Waals surface area contributed by atoms with E-state index in [0.717, 1.165) is 67.8 Å². The average Bonchev–Trinajstić information content (AvgIpc) is 2.96. The van der Waals surface area contributed by atoms with Crippen molar-refractivity contribution in [1.29, 1.82) is 0 Å². The molecule has 1 fully saturated rings. The number of hydrogen-bond donors (Lipinski definition) is 2. The number of benzene rings is 2. The van der Waals surface area contributed by atoms with E-state index in [2.05, 4.69) is 25.3 Å². The van der Waals surface area contributed by atoms with Gasteiger partial charge in [-0.2, -0.15) is 18.3 Å². The third-order valence-corrected chi connectivity index (χ3v) is 7.19. The molecule has 1 aliphatic heterocycles. The van der Waals surface area contributed by atoms with Gasteiger partial charge >= 0.3 is 6.18 Å². The Labute approximate surface area is 240 Å². The van der Waals surface area contributed by atoms with Gasteiger partial charge in [0.25, 0.3) is 11.5 Å². The predicted molar refractivity (Wildman–Crippen MR) is 154 cm³/mol. The minimum absolute atomic E-state index is 0.0620. The first kappa shape index (κ1) is 30.6. The number of hydrogen-bond acceptors (Lipinski definition) is 6. The Kier molecular flexibility index (Phi) is 9.25. The molecule has 1 unspecified atom stereocenters. The van der Waals surface area contributed by atoms with E-state index < -0.39 is 29.0 Å². The molecule has 8 nitrogen and oxygen atoms in total. The number of carbonyl (C=O) groups is 1. The molecule has 2 aromatic carbocycles. The fourth-order valence-electron chi connectivity index (χ4n) is 4.31. The largest absolute Gasteiger partial charge is 0.416 e. The maximum absolute atomic E-state index is 14.6. The van der Waals surface area contributed by atoms with Crippen molar-refractivity contribution in [2.45, 2.75) is 26.4 Å². The molecule has 4 rings (SSSR count). The van der Waals surface area contributed by atoms with Gasteiger partial charge in [-0.3, -0.25) is 14.5 Å². The van der Waals surface area contributed by atoms with Crippen molar-refractivity contribution in [2.75, 3.05) is 39.0 Å². The molecule has 0 bridgehead atoms. The van der Waals surface area contributed by atoms with E-state index in [1.807, 2.05) is 34.0 Å². The van der Waals surface area contributed by atoms with Gasteiger partial charge in [0.1, 0.15) is 11.5 Å². The minimum atomic E-state index is -4.54. The Hall–Kier alpha value is -4.32. The standard InChI is InChI=1S/C30H32F4N6O2/c1-5-18(2)24(15-22-17-39(3)12-13-40(22)4)35-27-16-25(37-38-29(27)42)20-8-11-23(31)26(14-20)36-28(41)19-6-9-21(10-7-19)30(32,33)34/h6-11,14-16,18H,5,12-13,17H2,1-4H3,(H,36,41)(H,38,42). The van der Waals surface area contributed by atoms with Crippen LogP contribution in [0.1, 0.15) is 36.2 Å². The second kappa shape index (κ2) is 12.7. The van der Waals surface area contributed by atoms with Crippen molar-refractivity contribution < 1.29 is 22.4 Å². The van der Waals surface area contributed by atoms with Gasteiger partial charge in [-0.25, -0.2) is 14.5 Å². The summed E-state index contributed by atoms with van der Waals surface area (Å²) < 4.78 is 53.2. The van der Waals surface area contributed by atoms with Gasteiger partial charge in [0.05, 0.1) is 16.9 Å². The number of aromatic nitrogens is 2. The van der Waals surface area contributed by atoms with Crippen LogP contribution >= 0.6 is 0 Å². The topological polar surface area (TPSA) is 93.7 Å². The van der Waals surface area contributed by atoms with Crippen molar-refractivity contribution in [1.82, 2.24) is 20.0 Å². The zero-order valence-corrected chi connectivity index (χ0v) is 23.7. The lowest BCUT2D eigenvalue weighted by Gasteiger charge is -2.34. The van der Waals surface area contributed by atoms with Gasteiger partial charge in [0, 0.05) is 49.2 Å². The zero-order chi connectivity index (χ0) is 30.6. The highest BCUT2D eigenvalue weighted by Crippen LogP contribution is 2.30. The lowest BCUT2D eigenvalue weighted by Crippen LogP contribution is -2.41. The summed E-state index contributed by atoms with van der Waals surface area (Å²) in [5, 5.41) is 8.91. The summed E-state index contributed by atoms with van der Waals surface area (Å²) in [5.41, 5.74) is 0.927. The molecular weight excluding hydrogens is 552 g/mol. The predicted octanol–water partition coefficient (Wildman–Crippen LogP) is 5.73. The third-order valence-electron chi connectivity index (χ3n) is 7.19. The molecule has 0 radical (unpaired) electrons. The third kappa shape index (κ3) is 7.30. The summed E-state index contributed by atoms with van der Waals surface area (Å²) in [5.74, 6) is -1.48. The van der Waals surface area contributed by atoms with Gasteiger partial charge in [-0.1, -0.05) is 13.8 Å². The Bertz CT molecular complexity index is 1560. The summed E-state index contributed by atoms with van der Waals surface area (Å²) >= 11 is 0. The smallest absolute Gasteiger partial charge is 0.375 e. The fourth-order valence-corrected chi connectivity index (χ4v) is 4.31.